The molecule has 1 heterocycles. The molecule has 0 aliphatic carbocycles. The Labute approximate surface area is 101 Å². The first-order chi connectivity index (χ1) is 8.08. The van der Waals surface area contributed by atoms with E-state index >= 15 is 0 Å². The van der Waals surface area contributed by atoms with Gasteiger partial charge >= 0.3 is 0 Å². The Balaban J connectivity index is 2.69. The molecule has 2 N–H and O–H groups in total. The molecule has 0 saturated heterocycles. The minimum atomic E-state index is -0.205. The third-order valence-electron chi connectivity index (χ3n) is 2.52. The predicted molar refractivity (Wildman–Crippen MR) is 67.2 cm³/mol. The van der Waals surface area contributed by atoms with Crippen LogP contribution in [0.5, 0.6) is 0 Å². The average Bonchev–Trinajstić information content (AvgIpc) is 2.35. The summed E-state index contributed by atoms with van der Waals surface area (Å²) in [5.74, 6) is 0.597. The number of aliphatic hydroxyl groups excluding tert-OH is 1. The van der Waals surface area contributed by atoms with Crippen molar-refractivity contribution >= 4 is 11.7 Å². The Morgan fingerprint density at radius 2 is 2.24 bits per heavy atom. The summed E-state index contributed by atoms with van der Waals surface area (Å²) >= 11 is 0. The van der Waals surface area contributed by atoms with E-state index in [4.69, 9.17) is 5.11 Å². The van der Waals surface area contributed by atoms with Crippen LogP contribution in [0.25, 0.3) is 0 Å². The molecule has 5 heteroatoms. The largest absolute Gasteiger partial charge is 0.394 e. The number of rotatable bonds is 5. The first kappa shape index (κ1) is 13.4. The normalized spacial score (nSPS) is 12.0. The van der Waals surface area contributed by atoms with Gasteiger partial charge in [-0.15, -0.1) is 0 Å². The second-order valence-electron chi connectivity index (χ2n) is 4.06. The van der Waals surface area contributed by atoms with Crippen molar-refractivity contribution in [2.24, 2.45) is 0 Å². The van der Waals surface area contributed by atoms with Crippen LogP contribution in [0.4, 0.5) is 5.82 Å². The molecule has 0 spiro atoms. The van der Waals surface area contributed by atoms with Gasteiger partial charge in [-0.3, -0.25) is 4.79 Å². The van der Waals surface area contributed by atoms with Gasteiger partial charge in [-0.2, -0.15) is 0 Å². The SMILES string of the molecule is CCC(CO)NC(=O)c1ccc(N(C)C)nc1. The van der Waals surface area contributed by atoms with Gasteiger partial charge in [0.1, 0.15) is 5.82 Å². The van der Waals surface area contributed by atoms with Crippen LogP contribution in [0, 0.1) is 0 Å². The topological polar surface area (TPSA) is 65.5 Å². The lowest BCUT2D eigenvalue weighted by Gasteiger charge is -2.14. The molecular formula is C12H19N3O2. The van der Waals surface area contributed by atoms with E-state index in [2.05, 4.69) is 10.3 Å². The molecule has 0 aliphatic rings. The van der Waals surface area contributed by atoms with Crippen LogP contribution in [-0.2, 0) is 0 Å². The monoisotopic (exact) mass is 237 g/mol. The summed E-state index contributed by atoms with van der Waals surface area (Å²) < 4.78 is 0. The Bertz CT molecular complexity index is 359. The minimum Gasteiger partial charge on any atom is -0.394 e. The van der Waals surface area contributed by atoms with Gasteiger partial charge in [0.2, 0.25) is 0 Å². The van der Waals surface area contributed by atoms with Gasteiger partial charge in [0.05, 0.1) is 18.2 Å². The highest BCUT2D eigenvalue weighted by Crippen LogP contribution is 2.08. The van der Waals surface area contributed by atoms with Crippen molar-refractivity contribution in [2.45, 2.75) is 19.4 Å². The van der Waals surface area contributed by atoms with Crippen molar-refractivity contribution in [1.29, 1.82) is 0 Å². The second kappa shape index (κ2) is 6.20. The van der Waals surface area contributed by atoms with E-state index in [-0.39, 0.29) is 18.6 Å². The molecule has 94 valence electrons. The Morgan fingerprint density at radius 3 is 2.65 bits per heavy atom. The maximum atomic E-state index is 11.8. The first-order valence-electron chi connectivity index (χ1n) is 5.63. The summed E-state index contributed by atoms with van der Waals surface area (Å²) in [7, 11) is 3.78. The second-order valence-corrected chi connectivity index (χ2v) is 4.06. The van der Waals surface area contributed by atoms with Crippen molar-refractivity contribution in [3.8, 4) is 0 Å². The molecule has 1 aromatic rings. The molecule has 5 nitrogen and oxygen atoms in total. The van der Waals surface area contributed by atoms with Gasteiger partial charge in [0, 0.05) is 20.3 Å². The number of hydrogen-bond acceptors (Lipinski definition) is 4. The van der Waals surface area contributed by atoms with E-state index in [0.29, 0.717) is 12.0 Å². The standard InChI is InChI=1S/C12H19N3O2/c1-4-10(8-16)14-12(17)9-5-6-11(13-7-9)15(2)3/h5-7,10,16H,4,8H2,1-3H3,(H,14,17). The lowest BCUT2D eigenvalue weighted by Crippen LogP contribution is -2.36. The van der Waals surface area contributed by atoms with Gasteiger partial charge < -0.3 is 15.3 Å². The fourth-order valence-electron chi connectivity index (χ4n) is 1.33. The summed E-state index contributed by atoms with van der Waals surface area (Å²) in [6.07, 6.45) is 2.24. The first-order valence-corrected chi connectivity index (χ1v) is 5.63. The highest BCUT2D eigenvalue weighted by atomic mass is 16.3. The van der Waals surface area contributed by atoms with E-state index in [1.165, 1.54) is 6.20 Å². The summed E-state index contributed by atoms with van der Waals surface area (Å²) in [6, 6.07) is 3.31. The number of carbonyl (C=O) groups excluding carboxylic acids is 1. The number of pyridine rings is 1. The number of carbonyl (C=O) groups is 1. The van der Waals surface area contributed by atoms with Crippen molar-refractivity contribution in [3.63, 3.8) is 0 Å². The van der Waals surface area contributed by atoms with Crippen LogP contribution in [0.2, 0.25) is 0 Å². The fraction of sp³-hybridized carbons (Fsp3) is 0.500. The summed E-state index contributed by atoms with van der Waals surface area (Å²) in [6.45, 7) is 1.86. The van der Waals surface area contributed by atoms with Gasteiger partial charge in [-0.1, -0.05) is 6.92 Å². The van der Waals surface area contributed by atoms with Crippen LogP contribution >= 0.6 is 0 Å². The number of amides is 1. The average molecular weight is 237 g/mol. The molecule has 0 bridgehead atoms. The molecule has 1 atom stereocenters. The van der Waals surface area contributed by atoms with Gasteiger partial charge in [0.25, 0.3) is 5.91 Å². The van der Waals surface area contributed by atoms with Crippen molar-refractivity contribution in [2.75, 3.05) is 25.6 Å². The number of nitrogens with one attached hydrogen (secondary N) is 1. The van der Waals surface area contributed by atoms with Crippen LogP contribution in [0.1, 0.15) is 23.7 Å². The molecule has 0 radical (unpaired) electrons. The lowest BCUT2D eigenvalue weighted by molar-refractivity contribution is 0.0914. The van der Waals surface area contributed by atoms with E-state index < -0.39 is 0 Å². The number of aliphatic hydroxyl groups is 1. The van der Waals surface area contributed by atoms with E-state index in [0.717, 1.165) is 5.82 Å². The lowest BCUT2D eigenvalue weighted by atomic mass is 10.2. The van der Waals surface area contributed by atoms with Crippen molar-refractivity contribution in [3.05, 3.63) is 23.9 Å². The van der Waals surface area contributed by atoms with Gasteiger partial charge in [-0.25, -0.2) is 4.98 Å². The number of hydrogen-bond donors (Lipinski definition) is 2. The molecule has 1 unspecified atom stereocenters. The number of anilines is 1. The molecule has 0 aliphatic heterocycles. The van der Waals surface area contributed by atoms with Crippen molar-refractivity contribution < 1.29 is 9.90 Å². The zero-order valence-corrected chi connectivity index (χ0v) is 10.5. The summed E-state index contributed by atoms with van der Waals surface area (Å²) in [4.78, 5) is 17.8. The zero-order chi connectivity index (χ0) is 12.8. The summed E-state index contributed by atoms with van der Waals surface area (Å²) in [5.41, 5.74) is 0.502. The van der Waals surface area contributed by atoms with Gasteiger partial charge in [0.15, 0.2) is 0 Å². The van der Waals surface area contributed by atoms with E-state index in [1.807, 2.05) is 25.9 Å². The zero-order valence-electron chi connectivity index (χ0n) is 10.5. The highest BCUT2D eigenvalue weighted by molar-refractivity contribution is 5.94. The maximum Gasteiger partial charge on any atom is 0.253 e. The molecule has 1 rings (SSSR count). The van der Waals surface area contributed by atoms with Crippen LogP contribution in [0.3, 0.4) is 0 Å². The quantitative estimate of drug-likeness (QED) is 0.789. The molecule has 17 heavy (non-hydrogen) atoms. The number of nitrogens with zero attached hydrogens (tertiary/aromatic N) is 2. The third-order valence-corrected chi connectivity index (χ3v) is 2.52. The molecule has 0 fully saturated rings. The molecule has 1 aromatic heterocycles. The van der Waals surface area contributed by atoms with Gasteiger partial charge in [-0.05, 0) is 18.6 Å². The molecular weight excluding hydrogens is 218 g/mol. The van der Waals surface area contributed by atoms with E-state index in [1.54, 1.807) is 12.1 Å². The number of aromatic nitrogens is 1. The Morgan fingerprint density at radius 1 is 1.53 bits per heavy atom. The fourth-order valence-corrected chi connectivity index (χ4v) is 1.33. The Hall–Kier alpha value is -1.62. The molecule has 1 amide bonds. The van der Waals surface area contributed by atoms with E-state index in [9.17, 15) is 4.79 Å². The molecule has 0 saturated carbocycles. The predicted octanol–water partition coefficient (Wildman–Crippen LogP) is 0.648. The smallest absolute Gasteiger partial charge is 0.253 e. The molecule has 0 aromatic carbocycles. The van der Waals surface area contributed by atoms with Crippen LogP contribution < -0.4 is 10.2 Å². The van der Waals surface area contributed by atoms with Crippen LogP contribution in [0.15, 0.2) is 18.3 Å². The Kier molecular flexibility index (Phi) is 4.90. The minimum absolute atomic E-state index is 0.0501. The maximum absolute atomic E-state index is 11.8. The summed E-state index contributed by atoms with van der Waals surface area (Å²) in [5, 5.41) is 11.7. The van der Waals surface area contributed by atoms with Crippen molar-refractivity contribution in [1.82, 2.24) is 10.3 Å². The third kappa shape index (κ3) is 3.71. The highest BCUT2D eigenvalue weighted by Gasteiger charge is 2.11. The van der Waals surface area contributed by atoms with Crippen LogP contribution in [-0.4, -0.2) is 42.7 Å².